The maximum atomic E-state index is 12.1. The first-order chi connectivity index (χ1) is 8.74. The molecule has 1 saturated heterocycles. The zero-order valence-electron chi connectivity index (χ0n) is 12.9. The van der Waals surface area contributed by atoms with Crippen LogP contribution < -0.4 is 5.32 Å². The van der Waals surface area contributed by atoms with E-state index in [1.807, 2.05) is 6.92 Å². The summed E-state index contributed by atoms with van der Waals surface area (Å²) in [5, 5.41) is 3.51. The fourth-order valence-corrected chi connectivity index (χ4v) is 3.98. The molecule has 0 atom stereocenters. The Morgan fingerprint density at radius 3 is 2.26 bits per heavy atom. The van der Waals surface area contributed by atoms with Crippen molar-refractivity contribution in [2.45, 2.75) is 58.9 Å². The first kappa shape index (κ1) is 16.9. The summed E-state index contributed by atoms with van der Waals surface area (Å²) in [6.45, 7) is 10.9. The molecule has 5 heteroatoms. The summed E-state index contributed by atoms with van der Waals surface area (Å²) in [7, 11) is -3.00. The minimum Gasteiger partial charge on any atom is -0.312 e. The molecule has 1 heterocycles. The number of piperidine rings is 1. The Balaban J connectivity index is 2.36. The molecule has 114 valence electrons. The van der Waals surface area contributed by atoms with Gasteiger partial charge in [0.2, 0.25) is 10.0 Å². The Hall–Kier alpha value is -0.130. The Kier molecular flexibility index (Phi) is 6.27. The summed E-state index contributed by atoms with van der Waals surface area (Å²) < 4.78 is 25.8. The summed E-state index contributed by atoms with van der Waals surface area (Å²) >= 11 is 0. The van der Waals surface area contributed by atoms with Crippen LogP contribution in [-0.2, 0) is 10.0 Å². The molecule has 1 rings (SSSR count). The molecule has 0 aromatic heterocycles. The van der Waals surface area contributed by atoms with Gasteiger partial charge in [0.1, 0.15) is 0 Å². The summed E-state index contributed by atoms with van der Waals surface area (Å²) in [5.41, 5.74) is 0.143. The molecule has 4 nitrogen and oxygen atoms in total. The first-order valence-corrected chi connectivity index (χ1v) is 9.08. The van der Waals surface area contributed by atoms with E-state index in [0.29, 0.717) is 24.8 Å². The third kappa shape index (κ3) is 6.23. The van der Waals surface area contributed by atoms with Crippen LogP contribution in [0.5, 0.6) is 0 Å². The topological polar surface area (TPSA) is 49.4 Å². The molecular weight excluding hydrogens is 260 g/mol. The Bertz CT molecular complexity index is 352. The van der Waals surface area contributed by atoms with E-state index in [0.717, 1.165) is 32.2 Å². The van der Waals surface area contributed by atoms with Crippen molar-refractivity contribution in [1.82, 2.24) is 9.62 Å². The lowest BCUT2D eigenvalue weighted by molar-refractivity contribution is 0.251. The van der Waals surface area contributed by atoms with Gasteiger partial charge in [0, 0.05) is 18.6 Å². The molecule has 19 heavy (non-hydrogen) atoms. The maximum Gasteiger partial charge on any atom is 0.214 e. The van der Waals surface area contributed by atoms with Crippen molar-refractivity contribution >= 4 is 10.0 Å². The monoisotopic (exact) mass is 290 g/mol. The van der Waals surface area contributed by atoms with Crippen LogP contribution in [0.1, 0.15) is 53.4 Å². The number of nitrogens with zero attached hydrogens (tertiary/aromatic N) is 1. The van der Waals surface area contributed by atoms with Crippen molar-refractivity contribution in [2.24, 2.45) is 5.92 Å². The quantitative estimate of drug-likeness (QED) is 0.816. The molecule has 0 amide bonds. The van der Waals surface area contributed by atoms with Crippen LogP contribution in [0.15, 0.2) is 0 Å². The molecule has 0 spiro atoms. The van der Waals surface area contributed by atoms with Crippen LogP contribution in [-0.4, -0.2) is 43.6 Å². The van der Waals surface area contributed by atoms with E-state index >= 15 is 0 Å². The van der Waals surface area contributed by atoms with E-state index in [2.05, 4.69) is 26.1 Å². The minimum absolute atomic E-state index is 0.143. The Labute approximate surface area is 119 Å². The van der Waals surface area contributed by atoms with Crippen LogP contribution >= 0.6 is 0 Å². The predicted octanol–water partition coefficient (Wildman–Crippen LogP) is 2.22. The number of unbranched alkanes of at least 4 members (excludes halogenated alkanes) is 1. The fraction of sp³-hybridized carbons (Fsp3) is 1.00. The second-order valence-corrected chi connectivity index (χ2v) is 8.73. The SMILES string of the molecule is CCCCS(=O)(=O)N1CCC(CNC(C)(C)C)CC1. The minimum atomic E-state index is -3.00. The van der Waals surface area contributed by atoms with Gasteiger partial charge in [-0.05, 0) is 52.5 Å². The van der Waals surface area contributed by atoms with E-state index in [-0.39, 0.29) is 5.54 Å². The van der Waals surface area contributed by atoms with Gasteiger partial charge >= 0.3 is 0 Å². The second kappa shape index (κ2) is 7.04. The Morgan fingerprint density at radius 2 is 1.79 bits per heavy atom. The fourth-order valence-electron chi connectivity index (χ4n) is 2.30. The van der Waals surface area contributed by atoms with Crippen molar-refractivity contribution in [1.29, 1.82) is 0 Å². The highest BCUT2D eigenvalue weighted by Gasteiger charge is 2.27. The molecule has 0 bridgehead atoms. The lowest BCUT2D eigenvalue weighted by Crippen LogP contribution is -2.44. The highest BCUT2D eigenvalue weighted by molar-refractivity contribution is 7.89. The van der Waals surface area contributed by atoms with Gasteiger partial charge in [-0.2, -0.15) is 0 Å². The van der Waals surface area contributed by atoms with Crippen molar-refractivity contribution in [2.75, 3.05) is 25.4 Å². The third-order valence-corrected chi connectivity index (χ3v) is 5.60. The van der Waals surface area contributed by atoms with Gasteiger partial charge in [0.05, 0.1) is 5.75 Å². The molecule has 0 radical (unpaired) electrons. The number of hydrogen-bond donors (Lipinski definition) is 1. The molecule has 0 saturated carbocycles. The van der Waals surface area contributed by atoms with E-state index in [1.165, 1.54) is 0 Å². The van der Waals surface area contributed by atoms with Crippen LogP contribution in [0.4, 0.5) is 0 Å². The maximum absolute atomic E-state index is 12.1. The molecule has 1 fully saturated rings. The van der Waals surface area contributed by atoms with Gasteiger partial charge in [-0.3, -0.25) is 0 Å². The molecule has 0 unspecified atom stereocenters. The standard InChI is InChI=1S/C14H30N2O2S/c1-5-6-11-19(17,18)16-9-7-13(8-10-16)12-15-14(2,3)4/h13,15H,5-12H2,1-4H3. The molecule has 1 N–H and O–H groups in total. The number of nitrogens with one attached hydrogen (secondary N) is 1. The molecular formula is C14H30N2O2S. The van der Waals surface area contributed by atoms with Crippen LogP contribution in [0.25, 0.3) is 0 Å². The summed E-state index contributed by atoms with van der Waals surface area (Å²) in [6.07, 6.45) is 3.67. The second-order valence-electron chi connectivity index (χ2n) is 6.64. The van der Waals surface area contributed by atoms with E-state index < -0.39 is 10.0 Å². The number of rotatable bonds is 6. The lowest BCUT2D eigenvalue weighted by Gasteiger charge is -2.33. The third-order valence-electron chi connectivity index (χ3n) is 3.64. The van der Waals surface area contributed by atoms with E-state index in [1.54, 1.807) is 4.31 Å². The van der Waals surface area contributed by atoms with Crippen LogP contribution in [0.2, 0.25) is 0 Å². The molecule has 1 aliphatic rings. The molecule has 0 aliphatic carbocycles. The van der Waals surface area contributed by atoms with E-state index in [4.69, 9.17) is 0 Å². The lowest BCUT2D eigenvalue weighted by atomic mass is 9.97. The largest absolute Gasteiger partial charge is 0.312 e. The van der Waals surface area contributed by atoms with Crippen molar-refractivity contribution in [3.8, 4) is 0 Å². The zero-order chi connectivity index (χ0) is 14.5. The van der Waals surface area contributed by atoms with E-state index in [9.17, 15) is 8.42 Å². The van der Waals surface area contributed by atoms with Gasteiger partial charge in [0.25, 0.3) is 0 Å². The first-order valence-electron chi connectivity index (χ1n) is 7.47. The average Bonchev–Trinajstić information content (AvgIpc) is 2.34. The molecule has 0 aromatic carbocycles. The van der Waals surface area contributed by atoms with Gasteiger partial charge in [-0.15, -0.1) is 0 Å². The zero-order valence-corrected chi connectivity index (χ0v) is 13.7. The van der Waals surface area contributed by atoms with Gasteiger partial charge in [0.15, 0.2) is 0 Å². The smallest absolute Gasteiger partial charge is 0.214 e. The summed E-state index contributed by atoms with van der Waals surface area (Å²) in [5.74, 6) is 0.922. The van der Waals surface area contributed by atoms with Crippen molar-refractivity contribution < 1.29 is 8.42 Å². The van der Waals surface area contributed by atoms with Gasteiger partial charge in [-0.1, -0.05) is 13.3 Å². The summed E-state index contributed by atoms with van der Waals surface area (Å²) in [6, 6.07) is 0. The Morgan fingerprint density at radius 1 is 1.21 bits per heavy atom. The number of sulfonamides is 1. The highest BCUT2D eigenvalue weighted by Crippen LogP contribution is 2.20. The van der Waals surface area contributed by atoms with Crippen LogP contribution in [0, 0.1) is 5.92 Å². The van der Waals surface area contributed by atoms with Crippen molar-refractivity contribution in [3.63, 3.8) is 0 Å². The molecule has 0 aromatic rings. The predicted molar refractivity (Wildman–Crippen MR) is 80.7 cm³/mol. The molecule has 1 aliphatic heterocycles. The normalized spacial score (nSPS) is 19.8. The summed E-state index contributed by atoms with van der Waals surface area (Å²) in [4.78, 5) is 0. The van der Waals surface area contributed by atoms with Gasteiger partial charge in [-0.25, -0.2) is 12.7 Å². The average molecular weight is 290 g/mol. The number of hydrogen-bond acceptors (Lipinski definition) is 3. The van der Waals surface area contributed by atoms with Crippen molar-refractivity contribution in [3.05, 3.63) is 0 Å². The van der Waals surface area contributed by atoms with Crippen LogP contribution in [0.3, 0.4) is 0 Å². The highest BCUT2D eigenvalue weighted by atomic mass is 32.2. The van der Waals surface area contributed by atoms with Gasteiger partial charge < -0.3 is 5.32 Å².